The first-order valence-corrected chi connectivity index (χ1v) is 8.98. The highest BCUT2D eigenvalue weighted by molar-refractivity contribution is 7.80. The number of hydrogen-bond donors (Lipinski definition) is 3. The predicted octanol–water partition coefficient (Wildman–Crippen LogP) is 3.03. The highest BCUT2D eigenvalue weighted by atomic mass is 32.1. The van der Waals surface area contributed by atoms with Crippen LogP contribution in [0.3, 0.4) is 0 Å². The van der Waals surface area contributed by atoms with Crippen LogP contribution in [0.4, 0.5) is 0 Å². The van der Waals surface area contributed by atoms with Gasteiger partial charge < -0.3 is 14.8 Å². The fourth-order valence-electron chi connectivity index (χ4n) is 2.32. The largest absolute Gasteiger partial charge is 0.493 e. The molecule has 0 heterocycles. The smallest absolute Gasteiger partial charge is 0.269 e. The highest BCUT2D eigenvalue weighted by Crippen LogP contribution is 2.27. The Morgan fingerprint density at radius 2 is 1.88 bits per heavy atom. The van der Waals surface area contributed by atoms with E-state index in [0.29, 0.717) is 28.1 Å². The molecule has 7 heteroatoms. The molecule has 0 aliphatic carbocycles. The number of methoxy groups -OCH3 is 2. The lowest BCUT2D eigenvalue weighted by molar-refractivity contribution is 0.0943. The van der Waals surface area contributed by atoms with E-state index in [2.05, 4.69) is 30.0 Å². The molecule has 1 aromatic carbocycles. The Labute approximate surface area is 155 Å². The van der Waals surface area contributed by atoms with E-state index in [9.17, 15) is 4.79 Å². The molecule has 1 rings (SSSR count). The van der Waals surface area contributed by atoms with Crippen LogP contribution in [0.1, 0.15) is 49.9 Å². The normalized spacial score (nSPS) is 11.4. The molecule has 0 aromatic heterocycles. The standard InChI is InChI=1S/C18H29N3O3S/c1-5-6-7-8-13(2)12-19-18(25)21-20-17(22)14-9-10-15(23-3)16(11-14)24-4/h9-11,13H,5-8,12H2,1-4H3,(H,20,22)(H2,19,21,25)/t13-/m0/s1. The van der Waals surface area contributed by atoms with E-state index in [0.717, 1.165) is 6.54 Å². The Kier molecular flexibility index (Phi) is 9.69. The first kappa shape index (κ1) is 21.0. The van der Waals surface area contributed by atoms with E-state index in [1.807, 2.05) is 0 Å². The van der Waals surface area contributed by atoms with Gasteiger partial charge in [-0.25, -0.2) is 0 Å². The number of ether oxygens (including phenoxy) is 2. The second kappa shape index (κ2) is 11.5. The number of thiocarbonyl (C=S) groups is 1. The maximum absolute atomic E-state index is 12.2. The van der Waals surface area contributed by atoms with Crippen molar-refractivity contribution in [3.05, 3.63) is 23.8 Å². The fraction of sp³-hybridized carbons (Fsp3) is 0.556. The average Bonchev–Trinajstić information content (AvgIpc) is 2.63. The van der Waals surface area contributed by atoms with Crippen LogP contribution in [0.2, 0.25) is 0 Å². The summed E-state index contributed by atoms with van der Waals surface area (Å²) in [5.41, 5.74) is 5.74. The number of unbranched alkanes of at least 4 members (excludes halogenated alkanes) is 2. The zero-order valence-corrected chi connectivity index (χ0v) is 16.3. The number of hydrazine groups is 1. The van der Waals surface area contributed by atoms with Gasteiger partial charge in [0.05, 0.1) is 14.2 Å². The number of nitrogens with one attached hydrogen (secondary N) is 3. The van der Waals surface area contributed by atoms with Crippen LogP contribution in [0.5, 0.6) is 11.5 Å². The van der Waals surface area contributed by atoms with Crippen LogP contribution in [0.25, 0.3) is 0 Å². The van der Waals surface area contributed by atoms with Crippen molar-refractivity contribution in [1.82, 2.24) is 16.2 Å². The van der Waals surface area contributed by atoms with Crippen molar-refractivity contribution in [2.24, 2.45) is 5.92 Å². The molecule has 140 valence electrons. The van der Waals surface area contributed by atoms with Crippen LogP contribution in [0.15, 0.2) is 18.2 Å². The third-order valence-corrected chi connectivity index (χ3v) is 4.09. The molecule has 1 atom stereocenters. The molecular weight excluding hydrogens is 338 g/mol. The Morgan fingerprint density at radius 1 is 1.16 bits per heavy atom. The van der Waals surface area contributed by atoms with Gasteiger partial charge in [0.25, 0.3) is 5.91 Å². The summed E-state index contributed by atoms with van der Waals surface area (Å²) < 4.78 is 10.3. The van der Waals surface area contributed by atoms with E-state index in [1.54, 1.807) is 25.3 Å². The summed E-state index contributed by atoms with van der Waals surface area (Å²) >= 11 is 5.18. The molecule has 0 unspecified atom stereocenters. The van der Waals surface area contributed by atoms with Crippen molar-refractivity contribution in [3.8, 4) is 11.5 Å². The number of amides is 1. The molecule has 0 fully saturated rings. The second-order valence-electron chi connectivity index (χ2n) is 5.96. The van der Waals surface area contributed by atoms with Crippen LogP contribution >= 0.6 is 12.2 Å². The van der Waals surface area contributed by atoms with Crippen molar-refractivity contribution < 1.29 is 14.3 Å². The molecule has 6 nitrogen and oxygen atoms in total. The van der Waals surface area contributed by atoms with Gasteiger partial charge in [-0.1, -0.05) is 33.1 Å². The summed E-state index contributed by atoms with van der Waals surface area (Å²) in [6.07, 6.45) is 4.88. The van der Waals surface area contributed by atoms with Crippen LogP contribution < -0.4 is 25.6 Å². The van der Waals surface area contributed by atoms with E-state index in [-0.39, 0.29) is 5.91 Å². The van der Waals surface area contributed by atoms with E-state index in [1.165, 1.54) is 32.8 Å². The van der Waals surface area contributed by atoms with Crippen molar-refractivity contribution in [3.63, 3.8) is 0 Å². The number of carbonyl (C=O) groups excluding carboxylic acids is 1. The summed E-state index contributed by atoms with van der Waals surface area (Å²) in [6, 6.07) is 4.95. The lowest BCUT2D eigenvalue weighted by Gasteiger charge is -2.16. The van der Waals surface area contributed by atoms with Gasteiger partial charge in [0, 0.05) is 12.1 Å². The molecule has 0 aliphatic rings. The third kappa shape index (κ3) is 7.60. The molecule has 0 saturated carbocycles. The lowest BCUT2D eigenvalue weighted by atomic mass is 10.0. The van der Waals surface area contributed by atoms with Gasteiger partial charge >= 0.3 is 0 Å². The predicted molar refractivity (Wildman–Crippen MR) is 104 cm³/mol. The minimum Gasteiger partial charge on any atom is -0.493 e. The monoisotopic (exact) mass is 367 g/mol. The van der Waals surface area contributed by atoms with Crippen LogP contribution in [0, 0.1) is 5.92 Å². The van der Waals surface area contributed by atoms with Gasteiger partial charge in [-0.3, -0.25) is 15.6 Å². The number of benzene rings is 1. The first-order chi connectivity index (χ1) is 12.0. The van der Waals surface area contributed by atoms with Gasteiger partial charge in [0.1, 0.15) is 0 Å². The quantitative estimate of drug-likeness (QED) is 0.354. The summed E-state index contributed by atoms with van der Waals surface area (Å²) in [5, 5.41) is 3.52. The molecule has 0 saturated heterocycles. The molecule has 0 radical (unpaired) electrons. The Morgan fingerprint density at radius 3 is 2.52 bits per heavy atom. The number of rotatable bonds is 9. The summed E-state index contributed by atoms with van der Waals surface area (Å²) in [7, 11) is 3.07. The van der Waals surface area contributed by atoms with Gasteiger partial charge in [-0.05, 0) is 42.8 Å². The maximum Gasteiger partial charge on any atom is 0.269 e. The molecule has 0 bridgehead atoms. The zero-order valence-electron chi connectivity index (χ0n) is 15.5. The van der Waals surface area contributed by atoms with Crippen molar-refractivity contribution in [1.29, 1.82) is 0 Å². The molecule has 0 aliphatic heterocycles. The molecule has 1 amide bonds. The first-order valence-electron chi connectivity index (χ1n) is 8.58. The van der Waals surface area contributed by atoms with Crippen LogP contribution in [-0.2, 0) is 0 Å². The molecule has 3 N–H and O–H groups in total. The minimum absolute atomic E-state index is 0.305. The molecular formula is C18H29N3O3S. The van der Waals surface area contributed by atoms with Gasteiger partial charge in [-0.15, -0.1) is 0 Å². The number of hydrogen-bond acceptors (Lipinski definition) is 4. The molecule has 25 heavy (non-hydrogen) atoms. The topological polar surface area (TPSA) is 71.6 Å². The van der Waals surface area contributed by atoms with E-state index < -0.39 is 0 Å². The summed E-state index contributed by atoms with van der Waals surface area (Å²) in [4.78, 5) is 12.2. The van der Waals surface area contributed by atoms with E-state index >= 15 is 0 Å². The SMILES string of the molecule is CCCCC[C@H](C)CNC(=S)NNC(=O)c1ccc(OC)c(OC)c1. The second-order valence-corrected chi connectivity index (χ2v) is 6.37. The highest BCUT2D eigenvalue weighted by Gasteiger charge is 2.11. The Bertz CT molecular complexity index is 566. The minimum atomic E-state index is -0.305. The Balaban J connectivity index is 2.39. The summed E-state index contributed by atoms with van der Waals surface area (Å²) in [6.45, 7) is 5.16. The third-order valence-electron chi connectivity index (χ3n) is 3.85. The van der Waals surface area contributed by atoms with E-state index in [4.69, 9.17) is 21.7 Å². The van der Waals surface area contributed by atoms with Crippen molar-refractivity contribution in [2.45, 2.75) is 39.5 Å². The zero-order chi connectivity index (χ0) is 18.7. The van der Waals surface area contributed by atoms with Crippen molar-refractivity contribution in [2.75, 3.05) is 20.8 Å². The van der Waals surface area contributed by atoms with Crippen LogP contribution in [-0.4, -0.2) is 31.8 Å². The summed E-state index contributed by atoms with van der Waals surface area (Å²) in [5.74, 6) is 1.30. The Hall–Kier alpha value is -2.02. The van der Waals surface area contributed by atoms with Gasteiger partial charge in [0.15, 0.2) is 16.6 Å². The maximum atomic E-state index is 12.2. The lowest BCUT2D eigenvalue weighted by Crippen LogP contribution is -2.47. The number of carbonyl (C=O) groups is 1. The van der Waals surface area contributed by atoms with Crippen molar-refractivity contribution >= 4 is 23.2 Å². The van der Waals surface area contributed by atoms with Gasteiger partial charge in [-0.2, -0.15) is 0 Å². The average molecular weight is 368 g/mol. The molecule has 0 spiro atoms. The van der Waals surface area contributed by atoms with Gasteiger partial charge in [0.2, 0.25) is 0 Å². The fourth-order valence-corrected chi connectivity index (χ4v) is 2.45. The molecule has 1 aromatic rings.